The average Bonchev–Trinajstić information content (AvgIpc) is 3.80. The summed E-state index contributed by atoms with van der Waals surface area (Å²) in [6.45, 7) is 0. The molecular formula is C47H31N3O. The zero-order chi connectivity index (χ0) is 33.7. The zero-order valence-electron chi connectivity index (χ0n) is 27.6. The molecule has 2 heterocycles. The van der Waals surface area contributed by atoms with Crippen LogP contribution in [0.25, 0.3) is 71.9 Å². The summed E-state index contributed by atoms with van der Waals surface area (Å²) in [5.41, 5.74) is 11.8. The van der Waals surface area contributed by atoms with Crippen molar-refractivity contribution in [3.8, 4) is 28.3 Å². The number of rotatable bonds is 6. The summed E-state index contributed by atoms with van der Waals surface area (Å²) in [6, 6.07) is 66.3. The molecule has 4 nitrogen and oxygen atoms in total. The number of para-hydroxylation sites is 3. The summed E-state index contributed by atoms with van der Waals surface area (Å²) in [7, 11) is 0. The van der Waals surface area contributed by atoms with E-state index in [1.807, 2.05) is 36.4 Å². The number of hydrogen-bond donors (Lipinski definition) is 0. The minimum Gasteiger partial charge on any atom is -0.436 e. The van der Waals surface area contributed by atoms with Crippen molar-refractivity contribution in [2.45, 2.75) is 0 Å². The number of oxazole rings is 1. The minimum absolute atomic E-state index is 0.640. The molecule has 0 unspecified atom stereocenters. The quantitative estimate of drug-likeness (QED) is 0.179. The Labute approximate surface area is 295 Å². The third-order valence-electron chi connectivity index (χ3n) is 9.80. The van der Waals surface area contributed by atoms with E-state index in [2.05, 4.69) is 161 Å². The highest BCUT2D eigenvalue weighted by Crippen LogP contribution is 2.44. The zero-order valence-corrected chi connectivity index (χ0v) is 27.6. The van der Waals surface area contributed by atoms with Gasteiger partial charge in [0.25, 0.3) is 0 Å². The number of anilines is 3. The maximum Gasteiger partial charge on any atom is 0.227 e. The molecule has 8 aromatic carbocycles. The van der Waals surface area contributed by atoms with Crippen LogP contribution < -0.4 is 4.90 Å². The van der Waals surface area contributed by atoms with E-state index in [9.17, 15) is 0 Å². The lowest BCUT2D eigenvalue weighted by Gasteiger charge is -2.26. The van der Waals surface area contributed by atoms with Gasteiger partial charge in [-0.05, 0) is 95.4 Å². The van der Waals surface area contributed by atoms with Crippen molar-refractivity contribution in [2.75, 3.05) is 4.90 Å². The predicted octanol–water partition coefficient (Wildman–Crippen LogP) is 12.9. The molecule has 0 amide bonds. The smallest absolute Gasteiger partial charge is 0.227 e. The van der Waals surface area contributed by atoms with Crippen molar-refractivity contribution in [1.82, 2.24) is 9.55 Å². The van der Waals surface area contributed by atoms with Crippen LogP contribution in [0.1, 0.15) is 0 Å². The Morgan fingerprint density at radius 3 is 1.94 bits per heavy atom. The van der Waals surface area contributed by atoms with Gasteiger partial charge in [0.05, 0.1) is 16.7 Å². The Morgan fingerprint density at radius 1 is 0.471 bits per heavy atom. The Balaban J connectivity index is 1.08. The molecule has 51 heavy (non-hydrogen) atoms. The largest absolute Gasteiger partial charge is 0.436 e. The molecule has 0 saturated carbocycles. The van der Waals surface area contributed by atoms with Gasteiger partial charge in [-0.15, -0.1) is 0 Å². The summed E-state index contributed by atoms with van der Waals surface area (Å²) in [4.78, 5) is 7.26. The average molecular weight is 654 g/mol. The highest BCUT2D eigenvalue weighted by atomic mass is 16.3. The summed E-state index contributed by atoms with van der Waals surface area (Å²) in [5, 5.41) is 4.65. The Bertz CT molecular complexity index is 2840. The molecule has 240 valence electrons. The molecule has 4 heteroatoms. The lowest BCUT2D eigenvalue weighted by molar-refractivity contribution is 0.620. The molecule has 10 rings (SSSR count). The minimum atomic E-state index is 0.640. The first-order valence-electron chi connectivity index (χ1n) is 17.2. The molecule has 0 atom stereocenters. The first-order chi connectivity index (χ1) is 25.3. The summed E-state index contributed by atoms with van der Waals surface area (Å²) >= 11 is 0. The van der Waals surface area contributed by atoms with Crippen molar-refractivity contribution >= 4 is 60.7 Å². The van der Waals surface area contributed by atoms with Crippen LogP contribution in [0.2, 0.25) is 0 Å². The Kier molecular flexibility index (Phi) is 6.78. The fraction of sp³-hybridized carbons (Fsp3) is 0. The number of nitrogens with zero attached hydrogens (tertiary/aromatic N) is 3. The second-order valence-electron chi connectivity index (χ2n) is 12.8. The van der Waals surface area contributed by atoms with E-state index >= 15 is 0 Å². The van der Waals surface area contributed by atoms with Gasteiger partial charge in [-0.3, -0.25) is 0 Å². The predicted molar refractivity (Wildman–Crippen MR) is 211 cm³/mol. The van der Waals surface area contributed by atoms with Gasteiger partial charge in [0.15, 0.2) is 5.58 Å². The molecule has 0 radical (unpaired) electrons. The first-order valence-corrected chi connectivity index (χ1v) is 17.2. The maximum atomic E-state index is 6.14. The van der Waals surface area contributed by atoms with E-state index in [1.165, 1.54) is 21.8 Å². The molecule has 0 bridgehead atoms. The second kappa shape index (κ2) is 11.9. The fourth-order valence-electron chi connectivity index (χ4n) is 7.45. The number of benzene rings is 8. The highest BCUT2D eigenvalue weighted by molar-refractivity contribution is 6.16. The van der Waals surface area contributed by atoms with E-state index in [1.54, 1.807) is 0 Å². The van der Waals surface area contributed by atoms with Crippen LogP contribution in [-0.2, 0) is 0 Å². The van der Waals surface area contributed by atoms with Crippen LogP contribution in [0, 0.1) is 0 Å². The SMILES string of the molecule is c1ccc(-c2nc3c(ccc4cc(-c5ccc(N(c6ccccc6)c6cccc7c6c6ccccc6n7-c6ccccc6)cc5)ccc43)o2)cc1. The number of aromatic nitrogens is 2. The van der Waals surface area contributed by atoms with Crippen LogP contribution in [0.15, 0.2) is 192 Å². The van der Waals surface area contributed by atoms with Crippen LogP contribution in [0.3, 0.4) is 0 Å². The van der Waals surface area contributed by atoms with Gasteiger partial charge in [-0.2, -0.15) is 0 Å². The van der Waals surface area contributed by atoms with Crippen molar-refractivity contribution in [2.24, 2.45) is 0 Å². The molecule has 0 N–H and O–H groups in total. The standard InChI is InChI=1S/C47H31N3O/c1-4-13-33(14-5-1)47-48-46-39-29-25-34(31-35(39)26-30-44(46)51-47)32-23-27-38(28-24-32)49(36-15-6-2-7-16-36)42-21-12-22-43-45(42)40-19-10-11-20-41(40)50(43)37-17-8-3-9-18-37/h1-31H. The van der Waals surface area contributed by atoms with Gasteiger partial charge in [0, 0.05) is 38.8 Å². The van der Waals surface area contributed by atoms with E-state index in [0.29, 0.717) is 5.89 Å². The molecule has 0 aliphatic carbocycles. The number of fused-ring (bicyclic) bond motifs is 6. The molecule has 0 aliphatic heterocycles. The van der Waals surface area contributed by atoms with E-state index in [-0.39, 0.29) is 0 Å². The topological polar surface area (TPSA) is 34.2 Å². The van der Waals surface area contributed by atoms with Gasteiger partial charge in [0.1, 0.15) is 5.52 Å². The molecule has 0 aliphatic rings. The summed E-state index contributed by atoms with van der Waals surface area (Å²) in [6.07, 6.45) is 0. The summed E-state index contributed by atoms with van der Waals surface area (Å²) in [5.74, 6) is 0.640. The van der Waals surface area contributed by atoms with Crippen LogP contribution >= 0.6 is 0 Å². The van der Waals surface area contributed by atoms with Crippen LogP contribution in [0.4, 0.5) is 17.1 Å². The molecule has 0 fully saturated rings. The van der Waals surface area contributed by atoms with Gasteiger partial charge < -0.3 is 13.9 Å². The van der Waals surface area contributed by atoms with Gasteiger partial charge in [-0.1, -0.05) is 109 Å². The van der Waals surface area contributed by atoms with Gasteiger partial charge >= 0.3 is 0 Å². The van der Waals surface area contributed by atoms with Crippen LogP contribution in [0.5, 0.6) is 0 Å². The normalized spacial score (nSPS) is 11.5. The molecule has 2 aromatic heterocycles. The van der Waals surface area contributed by atoms with Crippen molar-refractivity contribution < 1.29 is 4.42 Å². The van der Waals surface area contributed by atoms with E-state index in [0.717, 1.165) is 61.3 Å². The van der Waals surface area contributed by atoms with Crippen LogP contribution in [-0.4, -0.2) is 9.55 Å². The Morgan fingerprint density at radius 2 is 1.14 bits per heavy atom. The van der Waals surface area contributed by atoms with E-state index in [4.69, 9.17) is 9.40 Å². The number of hydrogen-bond acceptors (Lipinski definition) is 3. The highest BCUT2D eigenvalue weighted by Gasteiger charge is 2.21. The second-order valence-corrected chi connectivity index (χ2v) is 12.8. The first kappa shape index (κ1) is 29.0. The van der Waals surface area contributed by atoms with Crippen molar-refractivity contribution in [1.29, 1.82) is 0 Å². The van der Waals surface area contributed by atoms with E-state index < -0.39 is 0 Å². The molecular weight excluding hydrogens is 623 g/mol. The molecule has 0 saturated heterocycles. The lowest BCUT2D eigenvalue weighted by Crippen LogP contribution is -2.10. The van der Waals surface area contributed by atoms with Crippen molar-refractivity contribution in [3.05, 3.63) is 188 Å². The summed E-state index contributed by atoms with van der Waals surface area (Å²) < 4.78 is 8.51. The Hall–Kier alpha value is -6.91. The van der Waals surface area contributed by atoms with Crippen molar-refractivity contribution in [3.63, 3.8) is 0 Å². The molecule has 10 aromatic rings. The third-order valence-corrected chi connectivity index (χ3v) is 9.80. The monoisotopic (exact) mass is 653 g/mol. The molecule has 0 spiro atoms. The maximum absolute atomic E-state index is 6.14. The lowest BCUT2D eigenvalue weighted by atomic mass is 10.00. The van der Waals surface area contributed by atoms with Gasteiger partial charge in [-0.25, -0.2) is 4.98 Å². The third kappa shape index (κ3) is 4.88. The van der Waals surface area contributed by atoms with Gasteiger partial charge in [0.2, 0.25) is 5.89 Å². The fourth-order valence-corrected chi connectivity index (χ4v) is 7.45.